The molecule has 34 heavy (non-hydrogen) atoms. The number of aromatic nitrogens is 2. The van der Waals surface area contributed by atoms with Crippen LogP contribution in [-0.4, -0.2) is 26.2 Å². The molecular formula is C27H28FN3O2S. The quantitative estimate of drug-likeness (QED) is 0.411. The van der Waals surface area contributed by atoms with E-state index in [0.29, 0.717) is 16.1 Å². The molecule has 1 atom stereocenters. The number of halogens is 1. The van der Waals surface area contributed by atoms with Gasteiger partial charge >= 0.3 is 0 Å². The predicted octanol–water partition coefficient (Wildman–Crippen LogP) is 5.09. The van der Waals surface area contributed by atoms with Crippen molar-refractivity contribution in [3.8, 4) is 5.69 Å². The number of rotatable bonds is 5. The molecule has 1 unspecified atom stereocenters. The highest BCUT2D eigenvalue weighted by Gasteiger charge is 2.51. The van der Waals surface area contributed by atoms with E-state index in [9.17, 15) is 14.0 Å². The summed E-state index contributed by atoms with van der Waals surface area (Å²) in [7, 11) is 0. The molecule has 7 rings (SSSR count). The van der Waals surface area contributed by atoms with Crippen LogP contribution < -0.4 is 10.9 Å². The lowest BCUT2D eigenvalue weighted by molar-refractivity contribution is -0.126. The Balaban J connectivity index is 1.32. The summed E-state index contributed by atoms with van der Waals surface area (Å²) in [6.07, 6.45) is 7.18. The second-order valence-electron chi connectivity index (χ2n) is 10.5. The number of nitrogens with one attached hydrogen (secondary N) is 1. The van der Waals surface area contributed by atoms with Crippen molar-refractivity contribution < 1.29 is 9.18 Å². The Kier molecular flexibility index (Phi) is 5.28. The predicted molar refractivity (Wildman–Crippen MR) is 132 cm³/mol. The van der Waals surface area contributed by atoms with Crippen LogP contribution in [0.4, 0.5) is 4.39 Å². The molecule has 176 valence electrons. The molecule has 4 fully saturated rings. The molecule has 1 N–H and O–H groups in total. The minimum Gasteiger partial charge on any atom is -0.350 e. The maximum Gasteiger partial charge on any atom is 0.266 e. The summed E-state index contributed by atoms with van der Waals surface area (Å²) in [4.78, 5) is 31.5. The number of hydrogen-bond acceptors (Lipinski definition) is 4. The van der Waals surface area contributed by atoms with Gasteiger partial charge in [-0.3, -0.25) is 14.2 Å². The van der Waals surface area contributed by atoms with Gasteiger partial charge in [-0.15, -0.1) is 0 Å². The van der Waals surface area contributed by atoms with Crippen LogP contribution in [0.2, 0.25) is 0 Å². The second kappa shape index (κ2) is 8.22. The van der Waals surface area contributed by atoms with Gasteiger partial charge in [0.05, 0.1) is 21.8 Å². The molecule has 1 heterocycles. The third-order valence-electron chi connectivity index (χ3n) is 7.92. The number of fused-ring (bicyclic) bond motifs is 1. The summed E-state index contributed by atoms with van der Waals surface area (Å²) in [5, 5.41) is 3.68. The lowest BCUT2D eigenvalue weighted by Crippen LogP contribution is -2.60. The fourth-order valence-electron chi connectivity index (χ4n) is 6.88. The third kappa shape index (κ3) is 3.74. The Morgan fingerprint density at radius 2 is 1.68 bits per heavy atom. The Bertz CT molecular complexity index is 1300. The molecular weight excluding hydrogens is 449 g/mol. The van der Waals surface area contributed by atoms with Crippen molar-refractivity contribution in [2.75, 3.05) is 0 Å². The van der Waals surface area contributed by atoms with E-state index in [4.69, 9.17) is 0 Å². The van der Waals surface area contributed by atoms with Crippen molar-refractivity contribution in [2.24, 2.45) is 17.8 Å². The highest BCUT2D eigenvalue weighted by molar-refractivity contribution is 8.00. The van der Waals surface area contributed by atoms with E-state index in [1.54, 1.807) is 36.4 Å². The SMILES string of the molecule is CC(Sc1nc2ccccc2c(=O)n1-c1ccccc1F)C(=O)NC12CC3CC(CC(C3)C1)C2. The van der Waals surface area contributed by atoms with E-state index in [0.717, 1.165) is 37.0 Å². The average molecular weight is 478 g/mol. The standard InChI is InChI=1S/C27H28FN3O2S/c1-16(24(32)30-27-13-17-10-18(14-27)12-19(11-17)15-27)34-26-29-22-8-4-2-6-20(22)25(33)31(26)23-9-5-3-7-21(23)28/h2-9,16-19H,10-15H2,1H3,(H,30,32). The van der Waals surface area contributed by atoms with Gasteiger partial charge in [-0.2, -0.15) is 0 Å². The molecule has 0 aliphatic heterocycles. The van der Waals surface area contributed by atoms with Gasteiger partial charge in [0.25, 0.3) is 5.56 Å². The van der Waals surface area contributed by atoms with Gasteiger partial charge in [-0.25, -0.2) is 9.37 Å². The zero-order valence-corrected chi connectivity index (χ0v) is 20.0. The average Bonchev–Trinajstić information content (AvgIpc) is 2.79. The first kappa shape index (κ1) is 21.8. The molecule has 4 saturated carbocycles. The Morgan fingerprint density at radius 3 is 2.35 bits per heavy atom. The van der Waals surface area contributed by atoms with Crippen LogP contribution in [0.1, 0.15) is 45.4 Å². The molecule has 0 spiro atoms. The van der Waals surface area contributed by atoms with Crippen LogP contribution in [0.15, 0.2) is 58.5 Å². The van der Waals surface area contributed by atoms with E-state index >= 15 is 0 Å². The monoisotopic (exact) mass is 477 g/mol. The van der Waals surface area contributed by atoms with Crippen LogP contribution in [0.5, 0.6) is 0 Å². The molecule has 0 saturated heterocycles. The first-order valence-corrected chi connectivity index (χ1v) is 13.0. The molecule has 3 aromatic rings. The maximum absolute atomic E-state index is 14.7. The highest BCUT2D eigenvalue weighted by Crippen LogP contribution is 2.55. The van der Waals surface area contributed by atoms with Gasteiger partial charge in [0, 0.05) is 5.54 Å². The van der Waals surface area contributed by atoms with Gasteiger partial charge in [0.15, 0.2) is 5.16 Å². The number of benzene rings is 2. The van der Waals surface area contributed by atoms with Crippen LogP contribution in [0.3, 0.4) is 0 Å². The van der Waals surface area contributed by atoms with Gasteiger partial charge in [-0.1, -0.05) is 36.0 Å². The number of amides is 1. The molecule has 1 amide bonds. The Morgan fingerprint density at radius 1 is 1.06 bits per heavy atom. The normalized spacial score (nSPS) is 28.2. The summed E-state index contributed by atoms with van der Waals surface area (Å²) in [6, 6.07) is 13.2. The van der Waals surface area contributed by atoms with Crippen molar-refractivity contribution in [1.82, 2.24) is 14.9 Å². The fraction of sp³-hybridized carbons (Fsp3) is 0.444. The van der Waals surface area contributed by atoms with Crippen LogP contribution >= 0.6 is 11.8 Å². The Hall–Kier alpha value is -2.67. The van der Waals surface area contributed by atoms with Crippen molar-refractivity contribution in [1.29, 1.82) is 0 Å². The highest BCUT2D eigenvalue weighted by atomic mass is 32.2. The van der Waals surface area contributed by atoms with Gasteiger partial charge in [0.1, 0.15) is 5.82 Å². The minimum absolute atomic E-state index is 0.0329. The van der Waals surface area contributed by atoms with E-state index in [1.807, 2.05) is 13.0 Å². The van der Waals surface area contributed by atoms with Crippen molar-refractivity contribution >= 4 is 28.6 Å². The molecule has 4 aliphatic rings. The summed E-state index contributed by atoms with van der Waals surface area (Å²) in [5.74, 6) is 1.68. The number of nitrogens with zero attached hydrogens (tertiary/aromatic N) is 2. The molecule has 5 nitrogen and oxygen atoms in total. The van der Waals surface area contributed by atoms with Crippen LogP contribution in [0, 0.1) is 23.6 Å². The number of carbonyl (C=O) groups excluding carboxylic acids is 1. The molecule has 0 radical (unpaired) electrons. The maximum atomic E-state index is 14.7. The van der Waals surface area contributed by atoms with Crippen molar-refractivity contribution in [3.05, 3.63) is 64.7 Å². The summed E-state index contributed by atoms with van der Waals surface area (Å²) >= 11 is 1.21. The number of hydrogen-bond donors (Lipinski definition) is 1. The van der Waals surface area contributed by atoms with Gasteiger partial charge in [-0.05, 0) is 87.5 Å². The molecule has 4 aliphatic carbocycles. The van der Waals surface area contributed by atoms with Crippen molar-refractivity contribution in [3.63, 3.8) is 0 Å². The lowest BCUT2D eigenvalue weighted by Gasteiger charge is -2.57. The minimum atomic E-state index is -0.505. The van der Waals surface area contributed by atoms with E-state index < -0.39 is 11.1 Å². The Labute approximate surface area is 202 Å². The fourth-order valence-corrected chi connectivity index (χ4v) is 7.80. The number of thioether (sulfide) groups is 1. The first-order chi connectivity index (χ1) is 16.4. The zero-order valence-electron chi connectivity index (χ0n) is 19.2. The van der Waals surface area contributed by atoms with Gasteiger partial charge < -0.3 is 5.32 Å². The largest absolute Gasteiger partial charge is 0.350 e. The molecule has 2 aromatic carbocycles. The molecule has 4 bridgehead atoms. The van der Waals surface area contributed by atoms with E-state index in [1.165, 1.54) is 41.7 Å². The van der Waals surface area contributed by atoms with Crippen LogP contribution in [0.25, 0.3) is 16.6 Å². The summed E-state index contributed by atoms with van der Waals surface area (Å²) in [6.45, 7) is 1.84. The second-order valence-corrected chi connectivity index (χ2v) is 11.8. The lowest BCUT2D eigenvalue weighted by atomic mass is 9.53. The van der Waals surface area contributed by atoms with E-state index in [-0.39, 0.29) is 22.7 Å². The van der Waals surface area contributed by atoms with E-state index in [2.05, 4.69) is 10.3 Å². The van der Waals surface area contributed by atoms with Crippen LogP contribution in [-0.2, 0) is 4.79 Å². The van der Waals surface area contributed by atoms with Gasteiger partial charge in [0.2, 0.25) is 5.91 Å². The zero-order chi connectivity index (χ0) is 23.4. The molecule has 1 aromatic heterocycles. The topological polar surface area (TPSA) is 64.0 Å². The first-order valence-electron chi connectivity index (χ1n) is 12.2. The third-order valence-corrected chi connectivity index (χ3v) is 8.97. The number of carbonyl (C=O) groups is 1. The van der Waals surface area contributed by atoms with Crippen molar-refractivity contribution in [2.45, 2.75) is 61.4 Å². The molecule has 7 heteroatoms. The summed E-state index contributed by atoms with van der Waals surface area (Å²) in [5.41, 5.74) is 0.257. The summed E-state index contributed by atoms with van der Waals surface area (Å²) < 4.78 is 16.0. The number of para-hydroxylation sites is 2. The smallest absolute Gasteiger partial charge is 0.266 e.